The van der Waals surface area contributed by atoms with Crippen molar-refractivity contribution in [3.8, 4) is 0 Å². The minimum absolute atomic E-state index is 0.0358. The molecule has 0 aromatic heterocycles. The minimum atomic E-state index is -0.540. The third-order valence-corrected chi connectivity index (χ3v) is 8.41. The molecule has 0 aromatic rings. The summed E-state index contributed by atoms with van der Waals surface area (Å²) in [5, 5.41) is 15.3. The van der Waals surface area contributed by atoms with Crippen LogP contribution < -0.4 is 10.6 Å². The Morgan fingerprint density at radius 2 is 1.97 bits per heavy atom. The van der Waals surface area contributed by atoms with Crippen LogP contribution in [0.1, 0.15) is 66.2 Å². The summed E-state index contributed by atoms with van der Waals surface area (Å²) in [6, 6.07) is -0.540. The molecule has 0 radical (unpaired) electrons. The minimum Gasteiger partial charge on any atom is -0.396 e. The molecule has 2 unspecified atom stereocenters. The van der Waals surface area contributed by atoms with E-state index < -0.39 is 22.2 Å². The summed E-state index contributed by atoms with van der Waals surface area (Å²) in [4.78, 5) is 41.7. The predicted molar refractivity (Wildman–Crippen MR) is 118 cm³/mol. The smallest absolute Gasteiger partial charge is 0.244 e. The second-order valence-corrected chi connectivity index (χ2v) is 11.5. The summed E-state index contributed by atoms with van der Waals surface area (Å²) < 4.78 is -0.512. The number of rotatable bonds is 9. The lowest BCUT2D eigenvalue weighted by molar-refractivity contribution is -0.140. The van der Waals surface area contributed by atoms with Gasteiger partial charge in [0.2, 0.25) is 17.7 Å². The fourth-order valence-corrected chi connectivity index (χ4v) is 7.59. The van der Waals surface area contributed by atoms with Gasteiger partial charge in [0, 0.05) is 30.5 Å². The molecule has 8 heteroatoms. The van der Waals surface area contributed by atoms with Crippen LogP contribution >= 0.6 is 11.8 Å². The van der Waals surface area contributed by atoms with E-state index in [0.717, 1.165) is 32.1 Å². The van der Waals surface area contributed by atoms with Crippen molar-refractivity contribution in [3.05, 3.63) is 0 Å². The molecule has 3 rings (SSSR count). The molecule has 0 aliphatic carbocycles. The molecule has 30 heavy (non-hydrogen) atoms. The maximum atomic E-state index is 13.6. The molecular formula is C22H37N3O4S. The predicted octanol–water partition coefficient (Wildman–Crippen LogP) is 1.68. The van der Waals surface area contributed by atoms with Gasteiger partial charge in [0.1, 0.15) is 6.04 Å². The first-order valence-electron chi connectivity index (χ1n) is 11.3. The van der Waals surface area contributed by atoms with Crippen LogP contribution in [0, 0.1) is 11.8 Å². The van der Waals surface area contributed by atoms with Crippen molar-refractivity contribution >= 4 is 29.5 Å². The number of hydrogen-bond donors (Lipinski definition) is 3. The molecule has 3 saturated heterocycles. The van der Waals surface area contributed by atoms with Crippen molar-refractivity contribution in [2.24, 2.45) is 11.8 Å². The number of thioether (sulfide) groups is 1. The number of nitrogens with zero attached hydrogens (tertiary/aromatic N) is 1. The summed E-state index contributed by atoms with van der Waals surface area (Å²) in [5.41, 5.74) is -0.392. The fourth-order valence-electron chi connectivity index (χ4n) is 5.37. The van der Waals surface area contributed by atoms with Gasteiger partial charge in [-0.15, -0.1) is 11.8 Å². The molecule has 170 valence electrons. The monoisotopic (exact) mass is 439 g/mol. The highest BCUT2D eigenvalue weighted by Crippen LogP contribution is 2.66. The van der Waals surface area contributed by atoms with Crippen LogP contribution in [0.5, 0.6) is 0 Å². The fraction of sp³-hybridized carbons (Fsp3) is 0.864. The van der Waals surface area contributed by atoms with Crippen molar-refractivity contribution in [1.82, 2.24) is 15.5 Å². The van der Waals surface area contributed by atoms with Gasteiger partial charge in [0.15, 0.2) is 0 Å². The first kappa shape index (κ1) is 23.4. The van der Waals surface area contributed by atoms with Crippen LogP contribution in [-0.4, -0.2) is 69.0 Å². The molecule has 5 atom stereocenters. The van der Waals surface area contributed by atoms with Gasteiger partial charge in [-0.05, 0) is 59.3 Å². The van der Waals surface area contributed by atoms with Crippen molar-refractivity contribution in [3.63, 3.8) is 0 Å². The normalized spacial score (nSPS) is 32.4. The van der Waals surface area contributed by atoms with Gasteiger partial charge >= 0.3 is 0 Å². The van der Waals surface area contributed by atoms with E-state index in [9.17, 15) is 14.4 Å². The number of likely N-dealkylation sites (tertiary alicyclic amines) is 1. The maximum Gasteiger partial charge on any atom is 0.244 e. The number of nitrogens with one attached hydrogen (secondary N) is 2. The van der Waals surface area contributed by atoms with E-state index in [1.807, 2.05) is 27.7 Å². The van der Waals surface area contributed by atoms with Gasteiger partial charge in [0.05, 0.1) is 16.6 Å². The van der Waals surface area contributed by atoms with E-state index in [-0.39, 0.29) is 35.5 Å². The van der Waals surface area contributed by atoms with Gasteiger partial charge in [-0.2, -0.15) is 0 Å². The molecule has 1 spiro atoms. The number of aliphatic hydroxyl groups is 1. The first-order valence-corrected chi connectivity index (χ1v) is 12.2. The van der Waals surface area contributed by atoms with Crippen LogP contribution in [-0.2, 0) is 14.4 Å². The number of carbonyl (C=O) groups excluding carboxylic acids is 3. The zero-order valence-electron chi connectivity index (χ0n) is 18.7. The molecule has 3 fully saturated rings. The Hall–Kier alpha value is -1.28. The van der Waals surface area contributed by atoms with E-state index in [0.29, 0.717) is 19.5 Å². The zero-order chi connectivity index (χ0) is 22.1. The molecule has 3 N–H and O–H groups in total. The molecule has 3 heterocycles. The van der Waals surface area contributed by atoms with Crippen LogP contribution in [0.25, 0.3) is 0 Å². The number of amides is 3. The number of carbonyl (C=O) groups is 3. The molecular weight excluding hydrogens is 402 g/mol. The molecule has 3 aliphatic heterocycles. The number of hydrogen-bond acceptors (Lipinski definition) is 5. The Labute approximate surface area is 184 Å². The summed E-state index contributed by atoms with van der Waals surface area (Å²) >= 11 is 1.71. The van der Waals surface area contributed by atoms with E-state index in [1.165, 1.54) is 0 Å². The van der Waals surface area contributed by atoms with Crippen molar-refractivity contribution < 1.29 is 19.5 Å². The van der Waals surface area contributed by atoms with E-state index >= 15 is 0 Å². The van der Waals surface area contributed by atoms with Gasteiger partial charge in [-0.25, -0.2) is 0 Å². The average Bonchev–Trinajstić information content (AvgIpc) is 3.29. The van der Waals surface area contributed by atoms with Gasteiger partial charge in [-0.3, -0.25) is 14.4 Å². The Bertz CT molecular complexity index is 680. The SMILES string of the molecule is CCCNC(=O)[C@@H]1[C@@H]2CCC3(S2)C(C(=O)NC(C)(C)C)N(CCCCCO)C(=O)[C@H]13. The van der Waals surface area contributed by atoms with Crippen LogP contribution in [0.2, 0.25) is 0 Å². The Balaban J connectivity index is 1.89. The largest absolute Gasteiger partial charge is 0.396 e. The highest BCUT2D eigenvalue weighted by atomic mass is 32.2. The number of aliphatic hydroxyl groups excluding tert-OH is 1. The average molecular weight is 440 g/mol. The molecule has 0 aromatic carbocycles. The van der Waals surface area contributed by atoms with Gasteiger partial charge in [-0.1, -0.05) is 6.92 Å². The highest BCUT2D eigenvalue weighted by molar-refractivity contribution is 8.02. The van der Waals surface area contributed by atoms with Crippen molar-refractivity contribution in [1.29, 1.82) is 0 Å². The van der Waals surface area contributed by atoms with E-state index in [2.05, 4.69) is 10.6 Å². The standard InChI is InChI=1S/C22H37N3O4S/c1-5-11-23-18(27)15-14-9-10-22(30-14)16(15)20(29)25(12-7-6-8-13-26)17(22)19(28)24-21(2,3)4/h14-17,26H,5-13H2,1-4H3,(H,23,27)(H,24,28)/t14-,15+,16-,17?,22?/m0/s1. The van der Waals surface area contributed by atoms with E-state index in [4.69, 9.17) is 5.11 Å². The third-order valence-electron chi connectivity index (χ3n) is 6.46. The van der Waals surface area contributed by atoms with Gasteiger partial charge in [0.25, 0.3) is 0 Å². The molecule has 2 bridgehead atoms. The lowest BCUT2D eigenvalue weighted by Gasteiger charge is -2.36. The summed E-state index contributed by atoms with van der Waals surface area (Å²) in [6.07, 6.45) is 4.76. The topological polar surface area (TPSA) is 98.7 Å². The Morgan fingerprint density at radius 3 is 2.60 bits per heavy atom. The maximum absolute atomic E-state index is 13.6. The van der Waals surface area contributed by atoms with E-state index in [1.54, 1.807) is 16.7 Å². The van der Waals surface area contributed by atoms with Crippen LogP contribution in [0.4, 0.5) is 0 Å². The quantitative estimate of drug-likeness (QED) is 0.475. The van der Waals surface area contributed by atoms with Crippen molar-refractivity contribution in [2.45, 2.75) is 87.8 Å². The second-order valence-electron chi connectivity index (χ2n) is 9.90. The Morgan fingerprint density at radius 1 is 1.23 bits per heavy atom. The lowest BCUT2D eigenvalue weighted by atomic mass is 9.70. The summed E-state index contributed by atoms with van der Waals surface area (Å²) in [5.74, 6) is -0.962. The molecule has 3 amide bonds. The molecule has 3 aliphatic rings. The zero-order valence-corrected chi connectivity index (χ0v) is 19.5. The lowest BCUT2D eigenvalue weighted by Crippen LogP contribution is -2.57. The summed E-state index contributed by atoms with van der Waals surface area (Å²) in [6.45, 7) is 9.09. The van der Waals surface area contributed by atoms with Crippen molar-refractivity contribution in [2.75, 3.05) is 19.7 Å². The Kier molecular flexibility index (Phi) is 7.07. The highest BCUT2D eigenvalue weighted by Gasteiger charge is 2.73. The van der Waals surface area contributed by atoms with Gasteiger partial charge < -0.3 is 20.6 Å². The number of unbranched alkanes of at least 4 members (excludes halogenated alkanes) is 2. The van der Waals surface area contributed by atoms with Crippen LogP contribution in [0.3, 0.4) is 0 Å². The third kappa shape index (κ3) is 4.22. The number of fused-ring (bicyclic) bond motifs is 1. The molecule has 7 nitrogen and oxygen atoms in total. The van der Waals surface area contributed by atoms with Crippen LogP contribution in [0.15, 0.2) is 0 Å². The summed E-state index contributed by atoms with van der Waals surface area (Å²) in [7, 11) is 0. The first-order chi connectivity index (χ1) is 14.2. The second kappa shape index (κ2) is 9.07. The molecule has 0 saturated carbocycles.